The lowest BCUT2D eigenvalue weighted by Crippen LogP contribution is -2.42. The number of allylic oxidation sites excluding steroid dienone is 1. The van der Waals surface area contributed by atoms with Gasteiger partial charge < -0.3 is 39.5 Å². The second kappa shape index (κ2) is 23.3. The maximum atomic E-state index is 13.1. The molecule has 2 aliphatic carbocycles. The lowest BCUT2D eigenvalue weighted by Gasteiger charge is -2.25. The Morgan fingerprint density at radius 2 is 1.51 bits per heavy atom. The van der Waals surface area contributed by atoms with Gasteiger partial charge in [0.2, 0.25) is 0 Å². The molecular weight excluding hydrogens is 1010 g/mol. The number of ketones is 2. The van der Waals surface area contributed by atoms with Gasteiger partial charge in [0.15, 0.2) is 11.6 Å². The van der Waals surface area contributed by atoms with Crippen LogP contribution in [0.15, 0.2) is 132 Å². The first-order valence-electron chi connectivity index (χ1n) is 24.8. The minimum absolute atomic E-state index is 0.00390. The molecule has 3 N–H and O–H groups in total. The zero-order valence-corrected chi connectivity index (χ0v) is 43.0. The smallest absolute Gasteiger partial charge is 0.407 e. The standard InChI is InChI=1S/C30H24ClNO6.C29H28N4O6/c31-29(35)37-16-19-15-27(33)24-12-11-18(14-25(24)28(19)34)6-5-13-32-30(36)38-17-26-22-9-3-1-7-20(22)21-8-2-4-10-23(21)26;1-16-31-23-9-6-18-5-4-17(12-22(18)26(23)27(35)32-16)14-30-20-7-8-21-19(13-20)15-33(28(21)36)24(29(37)39-3)10-11-25(34)38-2/h1-4,7-12,14-15,26H,5-6,13,16-17H2,(H,32,36);4-9,12-13,24,30H,10-11,14-15H2,1-3H3,(H,31,32,35). The van der Waals surface area contributed by atoms with Crippen molar-refractivity contribution >= 4 is 79.9 Å². The van der Waals surface area contributed by atoms with Crippen molar-refractivity contribution in [2.45, 2.75) is 57.7 Å². The molecule has 2 heterocycles. The Morgan fingerprint density at radius 3 is 2.23 bits per heavy atom. The molecule has 6 aromatic carbocycles. The monoisotopic (exact) mass is 1060 g/mol. The van der Waals surface area contributed by atoms with Gasteiger partial charge in [-0.3, -0.25) is 24.0 Å². The molecule has 1 aliphatic heterocycles. The zero-order valence-electron chi connectivity index (χ0n) is 42.2. The number of aromatic nitrogens is 2. The number of halogens is 1. The molecular formula is C59H52ClN5O12. The Labute approximate surface area is 446 Å². The number of anilines is 1. The van der Waals surface area contributed by atoms with Gasteiger partial charge in [-0.25, -0.2) is 19.4 Å². The number of rotatable bonds is 16. The molecule has 7 aromatic rings. The number of methoxy groups -OCH3 is 2. The summed E-state index contributed by atoms with van der Waals surface area (Å²) in [4.78, 5) is 107. The van der Waals surface area contributed by atoms with E-state index in [0.717, 1.165) is 44.3 Å². The molecule has 17 nitrogen and oxygen atoms in total. The highest BCUT2D eigenvalue weighted by molar-refractivity contribution is 6.61. The number of ether oxygens (including phenoxy) is 4. The quantitative estimate of drug-likeness (QED) is 0.0269. The number of Topliss-reactive ketones (excluding diaryl/α,β-unsaturated/α-hetero) is 1. The van der Waals surface area contributed by atoms with Crippen molar-refractivity contribution in [2.75, 3.05) is 39.3 Å². The van der Waals surface area contributed by atoms with Gasteiger partial charge in [-0.05, 0) is 118 Å². The largest absolute Gasteiger partial charge is 0.469 e. The van der Waals surface area contributed by atoms with E-state index in [4.69, 9.17) is 21.1 Å². The number of aryl methyl sites for hydroxylation is 2. The summed E-state index contributed by atoms with van der Waals surface area (Å²) in [5, 5.41) is 8.51. The van der Waals surface area contributed by atoms with E-state index in [1.807, 2.05) is 66.7 Å². The fraction of sp³-hybridized carbons (Fsp3) is 0.237. The summed E-state index contributed by atoms with van der Waals surface area (Å²) in [6.45, 7) is 2.74. The highest BCUT2D eigenvalue weighted by Crippen LogP contribution is 2.44. The van der Waals surface area contributed by atoms with Gasteiger partial charge in [0.1, 0.15) is 25.1 Å². The third-order valence-corrected chi connectivity index (χ3v) is 13.9. The van der Waals surface area contributed by atoms with E-state index in [9.17, 15) is 38.4 Å². The van der Waals surface area contributed by atoms with Crippen molar-refractivity contribution < 1.29 is 52.5 Å². The predicted molar refractivity (Wildman–Crippen MR) is 287 cm³/mol. The number of hydrogen-bond donors (Lipinski definition) is 3. The molecule has 1 atom stereocenters. The SMILES string of the molecule is COC(=O)CCC(C(=O)OC)N1Cc2cc(NCc3ccc4ccc5nc(C)[nH]c(=O)c5c4c3)ccc2C1=O.O=C(Cl)OCC1=CC(=O)c2ccc(CCCNC(=O)OCC3c4ccccc4-c4ccccc43)cc2C1=O. The van der Waals surface area contributed by atoms with E-state index < -0.39 is 29.5 Å². The number of esters is 2. The Hall–Kier alpha value is -8.96. The van der Waals surface area contributed by atoms with E-state index in [-0.39, 0.29) is 72.7 Å². The third-order valence-electron chi connectivity index (χ3n) is 13.8. The molecule has 3 aliphatic rings. The number of carbonyl (C=O) groups is 7. The predicted octanol–water partition coefficient (Wildman–Crippen LogP) is 9.29. The van der Waals surface area contributed by atoms with Crippen LogP contribution in [-0.2, 0) is 48.0 Å². The van der Waals surface area contributed by atoms with Crippen LogP contribution < -0.4 is 16.2 Å². The summed E-state index contributed by atoms with van der Waals surface area (Å²) in [5.41, 5.74) is 8.63. The van der Waals surface area contributed by atoms with Crippen LogP contribution in [0, 0.1) is 6.92 Å². The van der Waals surface area contributed by atoms with E-state index in [1.165, 1.54) is 36.3 Å². The maximum absolute atomic E-state index is 13.1. The molecule has 18 heteroatoms. The Morgan fingerprint density at radius 1 is 0.792 bits per heavy atom. The number of fused-ring (bicyclic) bond motifs is 8. The molecule has 0 radical (unpaired) electrons. The van der Waals surface area contributed by atoms with Gasteiger partial charge in [0.05, 0.1) is 25.1 Å². The summed E-state index contributed by atoms with van der Waals surface area (Å²) < 4.78 is 19.8. The third kappa shape index (κ3) is 11.6. The summed E-state index contributed by atoms with van der Waals surface area (Å²) in [6, 6.07) is 35.7. The molecule has 77 heavy (non-hydrogen) atoms. The van der Waals surface area contributed by atoms with Crippen LogP contribution in [0.25, 0.3) is 32.8 Å². The number of carbonyl (C=O) groups excluding carboxylic acids is 7. The van der Waals surface area contributed by atoms with Crippen molar-refractivity contribution in [1.82, 2.24) is 20.2 Å². The minimum atomic E-state index is -1.05. The first-order valence-corrected chi connectivity index (χ1v) is 25.2. The number of hydrogen-bond acceptors (Lipinski definition) is 14. The van der Waals surface area contributed by atoms with Crippen LogP contribution >= 0.6 is 11.6 Å². The van der Waals surface area contributed by atoms with Crippen molar-refractivity contribution in [1.29, 1.82) is 0 Å². The van der Waals surface area contributed by atoms with Crippen molar-refractivity contribution in [3.05, 3.63) is 188 Å². The lowest BCUT2D eigenvalue weighted by molar-refractivity contribution is -0.147. The Bertz CT molecular complexity index is 3580. The fourth-order valence-corrected chi connectivity index (χ4v) is 10.1. The second-order valence-electron chi connectivity index (χ2n) is 18.6. The average Bonchev–Trinajstić information content (AvgIpc) is 3.99. The first-order chi connectivity index (χ1) is 37.2. The van der Waals surface area contributed by atoms with E-state index >= 15 is 0 Å². The molecule has 0 saturated carbocycles. The first kappa shape index (κ1) is 52.9. The Kier molecular flexibility index (Phi) is 16.0. The summed E-state index contributed by atoms with van der Waals surface area (Å²) >= 11 is 5.17. The van der Waals surface area contributed by atoms with Gasteiger partial charge in [0, 0.05) is 71.5 Å². The van der Waals surface area contributed by atoms with Crippen LogP contribution in [0.4, 0.5) is 15.3 Å². The van der Waals surface area contributed by atoms with Crippen LogP contribution in [0.2, 0.25) is 0 Å². The number of nitrogens with zero attached hydrogens (tertiary/aromatic N) is 2. The van der Waals surface area contributed by atoms with Crippen LogP contribution in [-0.4, -0.2) is 95.8 Å². The van der Waals surface area contributed by atoms with Crippen molar-refractivity contribution in [3.63, 3.8) is 0 Å². The average molecular weight is 1060 g/mol. The highest BCUT2D eigenvalue weighted by Gasteiger charge is 2.37. The number of nitrogens with one attached hydrogen (secondary N) is 3. The molecule has 0 bridgehead atoms. The van der Waals surface area contributed by atoms with Gasteiger partial charge in [-0.1, -0.05) is 78.9 Å². The normalized spacial score (nSPS) is 13.6. The molecule has 10 rings (SSSR count). The summed E-state index contributed by atoms with van der Waals surface area (Å²) in [5.74, 6) is -1.47. The van der Waals surface area contributed by atoms with E-state index in [2.05, 4.69) is 54.3 Å². The van der Waals surface area contributed by atoms with Crippen LogP contribution in [0.3, 0.4) is 0 Å². The van der Waals surface area contributed by atoms with Gasteiger partial charge in [0.25, 0.3) is 11.5 Å². The molecule has 0 saturated heterocycles. The number of aromatic amines is 1. The fourth-order valence-electron chi connectivity index (χ4n) is 10.0. The molecule has 2 amide bonds. The van der Waals surface area contributed by atoms with E-state index in [1.54, 1.807) is 31.2 Å². The maximum Gasteiger partial charge on any atom is 0.407 e. The molecule has 392 valence electrons. The second-order valence-corrected chi connectivity index (χ2v) is 18.9. The van der Waals surface area contributed by atoms with Crippen LogP contribution in [0.1, 0.15) is 89.9 Å². The zero-order chi connectivity index (χ0) is 54.3. The van der Waals surface area contributed by atoms with E-state index in [0.29, 0.717) is 53.8 Å². The van der Waals surface area contributed by atoms with Gasteiger partial charge in [-0.2, -0.15) is 0 Å². The molecule has 1 unspecified atom stereocenters. The van der Waals surface area contributed by atoms with Crippen molar-refractivity contribution in [2.24, 2.45) is 0 Å². The molecule has 0 spiro atoms. The number of benzene rings is 6. The highest BCUT2D eigenvalue weighted by atomic mass is 35.5. The Balaban J connectivity index is 0.000000188. The minimum Gasteiger partial charge on any atom is -0.469 e. The molecule has 1 aromatic heterocycles. The molecule has 0 fully saturated rings. The number of H-pyrrole nitrogens is 1. The number of alkyl carbamates (subject to hydrolysis) is 1. The number of amides is 2. The lowest BCUT2D eigenvalue weighted by atomic mass is 9.88. The summed E-state index contributed by atoms with van der Waals surface area (Å²) in [7, 11) is 2.53. The topological polar surface area (TPSA) is 229 Å². The van der Waals surface area contributed by atoms with Crippen LogP contribution in [0.5, 0.6) is 0 Å². The van der Waals surface area contributed by atoms with Gasteiger partial charge >= 0.3 is 23.5 Å². The van der Waals surface area contributed by atoms with Gasteiger partial charge in [-0.15, -0.1) is 0 Å². The summed E-state index contributed by atoms with van der Waals surface area (Å²) in [6.07, 6.45) is 1.97. The van der Waals surface area contributed by atoms with Crippen molar-refractivity contribution in [3.8, 4) is 11.1 Å².